The average Bonchev–Trinajstić information content (AvgIpc) is 3.25. The van der Waals surface area contributed by atoms with Crippen LogP contribution < -0.4 is 14.8 Å². The van der Waals surface area contributed by atoms with Gasteiger partial charge >= 0.3 is 0 Å². The maximum absolute atomic E-state index is 5.96. The molecule has 0 saturated carbocycles. The largest absolute Gasteiger partial charge is 0.478 e. The quantitative estimate of drug-likeness (QED) is 0.567. The molecule has 8 nitrogen and oxygen atoms in total. The van der Waals surface area contributed by atoms with Gasteiger partial charge in [-0.25, -0.2) is 9.97 Å². The standard InChI is InChI=1S/C19H20N6O2/c1-24-12-21-16-14(22-15-10-25(2)23-18(15)26-3)9-20-19(17(16)24)27-11-13-7-5-4-6-8-13/h4-10,12,22H,11H2,1-3H3. The molecule has 8 heteroatoms. The zero-order valence-corrected chi connectivity index (χ0v) is 15.4. The summed E-state index contributed by atoms with van der Waals surface area (Å²) in [5.74, 6) is 1.04. The fraction of sp³-hybridized carbons (Fsp3) is 0.211. The predicted molar refractivity (Wildman–Crippen MR) is 102 cm³/mol. The number of nitrogens with zero attached hydrogens (tertiary/aromatic N) is 5. The van der Waals surface area contributed by atoms with Gasteiger partial charge in [-0.1, -0.05) is 30.3 Å². The lowest BCUT2D eigenvalue weighted by atomic mass is 10.2. The predicted octanol–water partition coefficient (Wildman–Crippen LogP) is 3.03. The van der Waals surface area contributed by atoms with Crippen molar-refractivity contribution in [1.29, 1.82) is 0 Å². The number of nitrogens with one attached hydrogen (secondary N) is 1. The van der Waals surface area contributed by atoms with E-state index in [-0.39, 0.29) is 0 Å². The molecule has 3 heterocycles. The first kappa shape index (κ1) is 16.9. The highest BCUT2D eigenvalue weighted by Gasteiger charge is 2.16. The fourth-order valence-electron chi connectivity index (χ4n) is 2.90. The number of pyridine rings is 1. The Bertz CT molecular complexity index is 1070. The van der Waals surface area contributed by atoms with Crippen LogP contribution in [0.25, 0.3) is 11.0 Å². The van der Waals surface area contributed by atoms with E-state index in [2.05, 4.69) is 20.4 Å². The van der Waals surface area contributed by atoms with E-state index < -0.39 is 0 Å². The number of benzene rings is 1. The van der Waals surface area contributed by atoms with Gasteiger partial charge in [-0.3, -0.25) is 4.68 Å². The Balaban J connectivity index is 1.66. The van der Waals surface area contributed by atoms with Gasteiger partial charge in [-0.15, -0.1) is 5.10 Å². The van der Waals surface area contributed by atoms with E-state index >= 15 is 0 Å². The minimum absolute atomic E-state index is 0.442. The molecule has 1 N–H and O–H groups in total. The molecule has 1 aromatic carbocycles. The minimum Gasteiger partial charge on any atom is -0.478 e. The number of hydrogen-bond donors (Lipinski definition) is 1. The number of aromatic nitrogens is 5. The minimum atomic E-state index is 0.442. The van der Waals surface area contributed by atoms with Crippen LogP contribution in [0.3, 0.4) is 0 Å². The monoisotopic (exact) mass is 364 g/mol. The zero-order valence-electron chi connectivity index (χ0n) is 15.4. The molecule has 0 aliphatic heterocycles. The molecular formula is C19H20N6O2. The second kappa shape index (κ2) is 6.99. The molecule has 0 saturated heterocycles. The number of ether oxygens (including phenoxy) is 2. The maximum Gasteiger partial charge on any atom is 0.256 e. The van der Waals surface area contributed by atoms with E-state index in [4.69, 9.17) is 9.47 Å². The normalized spacial score (nSPS) is 10.9. The van der Waals surface area contributed by atoms with Crippen molar-refractivity contribution in [2.45, 2.75) is 6.61 Å². The van der Waals surface area contributed by atoms with Crippen molar-refractivity contribution in [3.63, 3.8) is 0 Å². The summed E-state index contributed by atoms with van der Waals surface area (Å²) in [7, 11) is 5.34. The number of imidazole rings is 1. The van der Waals surface area contributed by atoms with Gasteiger partial charge in [0.15, 0.2) is 0 Å². The van der Waals surface area contributed by atoms with Crippen molar-refractivity contribution in [2.75, 3.05) is 12.4 Å². The summed E-state index contributed by atoms with van der Waals surface area (Å²) in [5.41, 5.74) is 4.16. The summed E-state index contributed by atoms with van der Waals surface area (Å²) < 4.78 is 14.8. The fourth-order valence-corrected chi connectivity index (χ4v) is 2.90. The number of aryl methyl sites for hydroxylation is 2. The van der Waals surface area contributed by atoms with E-state index in [1.165, 1.54) is 0 Å². The number of anilines is 2. The first-order valence-electron chi connectivity index (χ1n) is 8.47. The van der Waals surface area contributed by atoms with Crippen LogP contribution in [0.2, 0.25) is 0 Å². The van der Waals surface area contributed by atoms with Crippen LogP contribution in [-0.4, -0.2) is 31.4 Å². The SMILES string of the molecule is COc1nn(C)cc1Nc1cnc(OCc2ccccc2)c2c1ncn2C. The number of fused-ring (bicyclic) bond motifs is 1. The smallest absolute Gasteiger partial charge is 0.256 e. The Morgan fingerprint density at radius 2 is 1.85 bits per heavy atom. The molecule has 138 valence electrons. The van der Waals surface area contributed by atoms with Crippen molar-refractivity contribution in [2.24, 2.45) is 14.1 Å². The molecule has 0 aliphatic carbocycles. The van der Waals surface area contributed by atoms with Gasteiger partial charge in [0, 0.05) is 14.1 Å². The Kier molecular flexibility index (Phi) is 4.37. The van der Waals surface area contributed by atoms with E-state index in [1.54, 1.807) is 24.3 Å². The Morgan fingerprint density at radius 1 is 1.04 bits per heavy atom. The first-order chi connectivity index (χ1) is 13.2. The molecule has 0 spiro atoms. The van der Waals surface area contributed by atoms with Crippen molar-refractivity contribution >= 4 is 22.4 Å². The molecule has 3 aromatic heterocycles. The second-order valence-corrected chi connectivity index (χ2v) is 6.15. The van der Waals surface area contributed by atoms with Crippen LogP contribution in [0, 0.1) is 0 Å². The molecule has 0 radical (unpaired) electrons. The third-order valence-electron chi connectivity index (χ3n) is 4.18. The molecule has 4 aromatic rings. The summed E-state index contributed by atoms with van der Waals surface area (Å²) in [6, 6.07) is 9.99. The molecule has 0 aliphatic rings. The highest BCUT2D eigenvalue weighted by Crippen LogP contribution is 2.32. The summed E-state index contributed by atoms with van der Waals surface area (Å²) in [6.45, 7) is 0.442. The molecule has 0 bridgehead atoms. The molecule has 0 fully saturated rings. The van der Waals surface area contributed by atoms with Crippen molar-refractivity contribution in [1.82, 2.24) is 24.3 Å². The van der Waals surface area contributed by atoms with Crippen molar-refractivity contribution < 1.29 is 9.47 Å². The molecule has 4 rings (SSSR count). The number of hydrogen-bond acceptors (Lipinski definition) is 6. The van der Waals surface area contributed by atoms with Crippen LogP contribution in [0.4, 0.5) is 11.4 Å². The maximum atomic E-state index is 5.96. The Hall–Kier alpha value is -3.55. The second-order valence-electron chi connectivity index (χ2n) is 6.15. The lowest BCUT2D eigenvalue weighted by Gasteiger charge is -2.11. The average molecular weight is 364 g/mol. The first-order valence-corrected chi connectivity index (χ1v) is 8.47. The third kappa shape index (κ3) is 3.29. The van der Waals surface area contributed by atoms with Gasteiger partial charge in [0.25, 0.3) is 5.88 Å². The highest BCUT2D eigenvalue weighted by atomic mass is 16.5. The Morgan fingerprint density at radius 3 is 2.63 bits per heavy atom. The topological polar surface area (TPSA) is 79.0 Å². The molecule has 0 atom stereocenters. The van der Waals surface area contributed by atoms with E-state index in [0.717, 1.165) is 28.0 Å². The molecule has 0 amide bonds. The zero-order chi connectivity index (χ0) is 18.8. The van der Waals surface area contributed by atoms with Crippen molar-refractivity contribution in [3.05, 3.63) is 54.6 Å². The number of rotatable bonds is 6. The van der Waals surface area contributed by atoms with Crippen LogP contribution in [0.5, 0.6) is 11.8 Å². The summed E-state index contributed by atoms with van der Waals surface area (Å²) in [4.78, 5) is 9.00. The lowest BCUT2D eigenvalue weighted by molar-refractivity contribution is 0.297. The van der Waals surface area contributed by atoms with Gasteiger partial charge in [-0.2, -0.15) is 0 Å². The third-order valence-corrected chi connectivity index (χ3v) is 4.18. The van der Waals surface area contributed by atoms with E-state index in [9.17, 15) is 0 Å². The molecular weight excluding hydrogens is 344 g/mol. The van der Waals surface area contributed by atoms with Crippen molar-refractivity contribution in [3.8, 4) is 11.8 Å². The van der Waals surface area contributed by atoms with Gasteiger partial charge in [0.2, 0.25) is 5.88 Å². The van der Waals surface area contributed by atoms with Gasteiger partial charge < -0.3 is 19.4 Å². The van der Waals surface area contributed by atoms with Gasteiger partial charge in [0.05, 0.1) is 31.5 Å². The molecule has 0 unspecified atom stereocenters. The Labute approximate surface area is 156 Å². The summed E-state index contributed by atoms with van der Waals surface area (Å²) in [6.07, 6.45) is 5.29. The van der Waals surface area contributed by atoms with E-state index in [1.807, 2.05) is 55.2 Å². The van der Waals surface area contributed by atoms with Crippen LogP contribution in [0.1, 0.15) is 5.56 Å². The van der Waals surface area contributed by atoms with Crippen LogP contribution in [-0.2, 0) is 20.7 Å². The van der Waals surface area contributed by atoms with Crippen LogP contribution in [0.15, 0.2) is 49.1 Å². The molecule has 27 heavy (non-hydrogen) atoms. The summed E-state index contributed by atoms with van der Waals surface area (Å²) in [5, 5.41) is 7.55. The van der Waals surface area contributed by atoms with E-state index in [0.29, 0.717) is 18.4 Å². The summed E-state index contributed by atoms with van der Waals surface area (Å²) >= 11 is 0. The van der Waals surface area contributed by atoms with Crippen LogP contribution >= 0.6 is 0 Å². The van der Waals surface area contributed by atoms with Gasteiger partial charge in [-0.05, 0) is 5.56 Å². The highest BCUT2D eigenvalue weighted by molar-refractivity contribution is 5.93. The van der Waals surface area contributed by atoms with Gasteiger partial charge in [0.1, 0.15) is 23.3 Å². The lowest BCUT2D eigenvalue weighted by Crippen LogP contribution is -2.01. The number of methoxy groups -OCH3 is 1.